The number of ether oxygens (including phenoxy) is 2. The summed E-state index contributed by atoms with van der Waals surface area (Å²) in [5.41, 5.74) is 0.761. The Labute approximate surface area is 211 Å². The van der Waals surface area contributed by atoms with E-state index in [-0.39, 0.29) is 34.9 Å². The van der Waals surface area contributed by atoms with Crippen LogP contribution < -0.4 is 4.74 Å². The Morgan fingerprint density at radius 3 is 2.36 bits per heavy atom. The summed E-state index contributed by atoms with van der Waals surface area (Å²) >= 11 is 0. The van der Waals surface area contributed by atoms with Crippen LogP contribution in [0.1, 0.15) is 36.4 Å². The number of sulfonamides is 1. The van der Waals surface area contributed by atoms with E-state index in [1.54, 1.807) is 24.3 Å². The van der Waals surface area contributed by atoms with E-state index in [9.17, 15) is 23.1 Å². The lowest BCUT2D eigenvalue weighted by atomic mass is 9.95. The third-order valence-electron chi connectivity index (χ3n) is 6.57. The van der Waals surface area contributed by atoms with Gasteiger partial charge in [0, 0.05) is 32.3 Å². The molecule has 1 atom stereocenters. The van der Waals surface area contributed by atoms with Crippen molar-refractivity contribution in [2.45, 2.75) is 30.2 Å². The Bertz CT molecular complexity index is 1270. The van der Waals surface area contributed by atoms with Gasteiger partial charge in [-0.25, -0.2) is 8.42 Å². The van der Waals surface area contributed by atoms with Crippen molar-refractivity contribution in [3.05, 3.63) is 65.2 Å². The first-order valence-corrected chi connectivity index (χ1v) is 13.3. The summed E-state index contributed by atoms with van der Waals surface area (Å²) in [4.78, 5) is 27.5. The molecule has 2 aromatic rings. The van der Waals surface area contributed by atoms with Gasteiger partial charge in [0.25, 0.3) is 11.7 Å². The SMILES string of the molecule is COCCN1C(=O)C(=O)C(=C(O)c2ccc(S(=O)(=O)N3CCCCC3)cc2)[C@@H]1c1cccc(OC)c1. The quantitative estimate of drug-likeness (QED) is 0.327. The zero-order valence-electron chi connectivity index (χ0n) is 20.3. The van der Waals surface area contributed by atoms with E-state index in [2.05, 4.69) is 0 Å². The molecule has 1 N–H and O–H groups in total. The van der Waals surface area contributed by atoms with Crippen LogP contribution in [0.3, 0.4) is 0 Å². The lowest BCUT2D eigenvalue weighted by Crippen LogP contribution is -2.35. The molecule has 0 spiro atoms. The first kappa shape index (κ1) is 25.9. The number of hydrogen-bond donors (Lipinski definition) is 1. The third kappa shape index (κ3) is 4.88. The van der Waals surface area contributed by atoms with Crippen LogP contribution >= 0.6 is 0 Å². The maximum atomic E-state index is 13.1. The number of likely N-dealkylation sites (tertiary alicyclic amines) is 1. The second-order valence-corrected chi connectivity index (χ2v) is 10.7. The molecule has 9 nitrogen and oxygen atoms in total. The zero-order valence-corrected chi connectivity index (χ0v) is 21.2. The predicted octanol–water partition coefficient (Wildman–Crippen LogP) is 2.94. The van der Waals surface area contributed by atoms with Gasteiger partial charge in [-0.15, -0.1) is 0 Å². The number of aliphatic hydroxyl groups excluding tert-OH is 1. The molecular weight excluding hydrogens is 484 g/mol. The van der Waals surface area contributed by atoms with Crippen molar-refractivity contribution < 1.29 is 32.6 Å². The fourth-order valence-corrected chi connectivity index (χ4v) is 6.17. The Morgan fingerprint density at radius 1 is 1.03 bits per heavy atom. The summed E-state index contributed by atoms with van der Waals surface area (Å²) in [6.07, 6.45) is 2.66. The molecule has 10 heteroatoms. The van der Waals surface area contributed by atoms with Crippen molar-refractivity contribution in [1.29, 1.82) is 0 Å². The van der Waals surface area contributed by atoms with Gasteiger partial charge >= 0.3 is 0 Å². The van der Waals surface area contributed by atoms with E-state index >= 15 is 0 Å². The Hall–Kier alpha value is -3.21. The molecular formula is C26H30N2O7S. The maximum absolute atomic E-state index is 13.1. The number of nitrogens with zero attached hydrogens (tertiary/aromatic N) is 2. The van der Waals surface area contributed by atoms with Crippen molar-refractivity contribution in [2.24, 2.45) is 0 Å². The zero-order chi connectivity index (χ0) is 25.9. The van der Waals surface area contributed by atoms with Gasteiger partial charge in [-0.05, 0) is 54.8 Å². The summed E-state index contributed by atoms with van der Waals surface area (Å²) in [5, 5.41) is 11.2. The highest BCUT2D eigenvalue weighted by Gasteiger charge is 2.46. The van der Waals surface area contributed by atoms with Crippen LogP contribution in [0, 0.1) is 0 Å². The minimum Gasteiger partial charge on any atom is -0.507 e. The predicted molar refractivity (Wildman–Crippen MR) is 133 cm³/mol. The third-order valence-corrected chi connectivity index (χ3v) is 8.48. The highest BCUT2D eigenvalue weighted by molar-refractivity contribution is 7.89. The molecule has 2 aromatic carbocycles. The number of hydrogen-bond acceptors (Lipinski definition) is 7. The van der Waals surface area contributed by atoms with Crippen LogP contribution in [0.25, 0.3) is 5.76 Å². The first-order valence-electron chi connectivity index (χ1n) is 11.8. The van der Waals surface area contributed by atoms with Gasteiger partial charge in [-0.1, -0.05) is 18.6 Å². The molecule has 0 aromatic heterocycles. The second-order valence-electron chi connectivity index (χ2n) is 8.75. The normalized spacial score (nSPS) is 20.6. The summed E-state index contributed by atoms with van der Waals surface area (Å²) in [6, 6.07) is 11.8. The van der Waals surface area contributed by atoms with Crippen molar-refractivity contribution in [3.8, 4) is 5.75 Å². The minimum atomic E-state index is -3.65. The van der Waals surface area contributed by atoms with E-state index in [0.717, 1.165) is 19.3 Å². The van der Waals surface area contributed by atoms with Gasteiger partial charge in [0.05, 0.1) is 30.2 Å². The molecule has 0 bridgehead atoms. The highest BCUT2D eigenvalue weighted by atomic mass is 32.2. The first-order chi connectivity index (χ1) is 17.3. The van der Waals surface area contributed by atoms with Crippen LogP contribution in [0.5, 0.6) is 5.75 Å². The number of rotatable bonds is 8. The number of carbonyl (C=O) groups is 2. The van der Waals surface area contributed by atoms with Gasteiger partial charge < -0.3 is 19.5 Å². The molecule has 0 aliphatic carbocycles. The van der Waals surface area contributed by atoms with Gasteiger partial charge in [0.2, 0.25) is 10.0 Å². The average molecular weight is 515 g/mol. The molecule has 4 rings (SSSR count). The molecule has 0 unspecified atom stereocenters. The van der Waals surface area contributed by atoms with Gasteiger partial charge in [0.15, 0.2) is 0 Å². The fourth-order valence-electron chi connectivity index (χ4n) is 4.65. The van der Waals surface area contributed by atoms with E-state index < -0.39 is 27.8 Å². The fraction of sp³-hybridized carbons (Fsp3) is 0.385. The number of amides is 1. The lowest BCUT2D eigenvalue weighted by molar-refractivity contribution is -0.140. The molecule has 0 radical (unpaired) electrons. The van der Waals surface area contributed by atoms with Gasteiger partial charge in [-0.2, -0.15) is 4.31 Å². The summed E-state index contributed by atoms with van der Waals surface area (Å²) in [7, 11) is -0.634. The molecule has 0 saturated carbocycles. The van der Waals surface area contributed by atoms with Crippen LogP contribution in [0.2, 0.25) is 0 Å². The number of aliphatic hydroxyl groups is 1. The molecule has 192 valence electrons. The van der Waals surface area contributed by atoms with Crippen LogP contribution in [0.15, 0.2) is 59.0 Å². The van der Waals surface area contributed by atoms with Crippen molar-refractivity contribution >= 4 is 27.5 Å². The highest BCUT2D eigenvalue weighted by Crippen LogP contribution is 2.40. The van der Waals surface area contributed by atoms with E-state index in [1.807, 2.05) is 0 Å². The van der Waals surface area contributed by atoms with E-state index in [0.29, 0.717) is 24.4 Å². The van der Waals surface area contributed by atoms with Crippen molar-refractivity contribution in [3.63, 3.8) is 0 Å². The van der Waals surface area contributed by atoms with Crippen LogP contribution in [-0.2, 0) is 24.3 Å². The number of carbonyl (C=O) groups excluding carboxylic acids is 2. The van der Waals surface area contributed by atoms with E-state index in [4.69, 9.17) is 9.47 Å². The molecule has 2 saturated heterocycles. The maximum Gasteiger partial charge on any atom is 0.295 e. The monoisotopic (exact) mass is 514 g/mol. The number of methoxy groups -OCH3 is 2. The van der Waals surface area contributed by atoms with Crippen LogP contribution in [-0.4, -0.2) is 74.9 Å². The largest absolute Gasteiger partial charge is 0.507 e. The average Bonchev–Trinajstić information content (AvgIpc) is 3.17. The van der Waals surface area contributed by atoms with Crippen molar-refractivity contribution in [1.82, 2.24) is 9.21 Å². The summed E-state index contributed by atoms with van der Waals surface area (Å²) in [5.74, 6) is -1.40. The number of Topliss-reactive ketones (excluding diaryl/α,β-unsaturated/α-hetero) is 1. The number of benzene rings is 2. The van der Waals surface area contributed by atoms with E-state index in [1.165, 1.54) is 47.7 Å². The summed E-state index contributed by atoms with van der Waals surface area (Å²) < 4.78 is 37.9. The second kappa shape index (κ2) is 10.8. The Kier molecular flexibility index (Phi) is 7.77. The molecule has 2 aliphatic rings. The number of piperidine rings is 1. The van der Waals surface area contributed by atoms with Gasteiger partial charge in [0.1, 0.15) is 11.5 Å². The molecule has 36 heavy (non-hydrogen) atoms. The summed E-state index contributed by atoms with van der Waals surface area (Å²) in [6.45, 7) is 1.31. The van der Waals surface area contributed by atoms with Crippen molar-refractivity contribution in [2.75, 3.05) is 40.5 Å². The standard InChI is InChI=1S/C26H30N2O7S/c1-34-16-15-28-23(19-7-6-8-20(17-19)35-2)22(25(30)26(28)31)24(29)18-9-11-21(12-10-18)36(32,33)27-13-4-3-5-14-27/h6-12,17,23,29H,3-5,13-16H2,1-2H3/t23-/m0/s1. The molecule has 2 fully saturated rings. The molecule has 2 aliphatic heterocycles. The lowest BCUT2D eigenvalue weighted by Gasteiger charge is -2.26. The van der Waals surface area contributed by atoms with Gasteiger partial charge in [-0.3, -0.25) is 9.59 Å². The molecule has 2 heterocycles. The smallest absolute Gasteiger partial charge is 0.295 e. The van der Waals surface area contributed by atoms with Crippen LogP contribution in [0.4, 0.5) is 0 Å². The molecule has 1 amide bonds. The topological polar surface area (TPSA) is 113 Å². The minimum absolute atomic E-state index is 0.0732. The Balaban J connectivity index is 1.74. The number of ketones is 1. The Morgan fingerprint density at radius 2 is 1.72 bits per heavy atom.